The minimum absolute atomic E-state index is 0.0340. The molecule has 0 spiro atoms. The van der Waals surface area contributed by atoms with Crippen LogP contribution < -0.4 is 10.5 Å². The van der Waals surface area contributed by atoms with Gasteiger partial charge in [-0.3, -0.25) is 9.59 Å². The van der Waals surface area contributed by atoms with E-state index < -0.39 is 16.0 Å². The average molecular weight is 300 g/mol. The van der Waals surface area contributed by atoms with E-state index in [4.69, 9.17) is 10.2 Å². The van der Waals surface area contributed by atoms with E-state index in [2.05, 4.69) is 5.32 Å². The topological polar surface area (TPSA) is 127 Å². The van der Waals surface area contributed by atoms with E-state index in [0.717, 1.165) is 5.56 Å². The lowest BCUT2D eigenvalue weighted by Crippen LogP contribution is -2.26. The third-order valence-electron chi connectivity index (χ3n) is 2.55. The number of aliphatic carboxylic acids is 1. The molecule has 8 heteroatoms. The molecule has 0 aliphatic rings. The number of amides is 1. The van der Waals surface area contributed by atoms with Crippen molar-refractivity contribution in [2.75, 3.05) is 6.54 Å². The van der Waals surface area contributed by atoms with Crippen molar-refractivity contribution in [3.63, 3.8) is 0 Å². The van der Waals surface area contributed by atoms with E-state index in [-0.39, 0.29) is 23.6 Å². The van der Waals surface area contributed by atoms with Gasteiger partial charge in [0.25, 0.3) is 0 Å². The Kier molecular flexibility index (Phi) is 5.66. The lowest BCUT2D eigenvalue weighted by Gasteiger charge is -2.05. The molecule has 1 aromatic carbocycles. The summed E-state index contributed by atoms with van der Waals surface area (Å²) in [6, 6.07) is 6.03. The Morgan fingerprint density at radius 2 is 1.75 bits per heavy atom. The van der Waals surface area contributed by atoms with E-state index in [0.29, 0.717) is 13.0 Å². The van der Waals surface area contributed by atoms with Gasteiger partial charge >= 0.3 is 5.97 Å². The monoisotopic (exact) mass is 300 g/mol. The first-order valence-electron chi connectivity index (χ1n) is 5.89. The number of nitrogens with one attached hydrogen (secondary N) is 1. The molecule has 0 aliphatic heterocycles. The summed E-state index contributed by atoms with van der Waals surface area (Å²) < 4.78 is 22.1. The molecule has 0 unspecified atom stereocenters. The second-order valence-corrected chi connectivity index (χ2v) is 5.74. The molecule has 0 saturated heterocycles. The van der Waals surface area contributed by atoms with E-state index >= 15 is 0 Å². The molecule has 0 radical (unpaired) electrons. The van der Waals surface area contributed by atoms with Crippen molar-refractivity contribution in [2.24, 2.45) is 5.14 Å². The maximum Gasteiger partial charge on any atom is 0.303 e. The van der Waals surface area contributed by atoms with Crippen LogP contribution in [0.4, 0.5) is 0 Å². The van der Waals surface area contributed by atoms with E-state index in [1.165, 1.54) is 12.1 Å². The predicted octanol–water partition coefficient (Wildman–Crippen LogP) is -0.143. The zero-order valence-electron chi connectivity index (χ0n) is 10.7. The van der Waals surface area contributed by atoms with Crippen LogP contribution in [0.5, 0.6) is 0 Å². The summed E-state index contributed by atoms with van der Waals surface area (Å²) in [6.07, 6.45) is 0.262. The zero-order chi connectivity index (χ0) is 15.2. The van der Waals surface area contributed by atoms with Gasteiger partial charge in [0.2, 0.25) is 15.9 Å². The number of carboxylic acid groups (broad SMARTS) is 1. The molecule has 0 saturated carbocycles. The Morgan fingerprint density at radius 1 is 1.15 bits per heavy atom. The minimum atomic E-state index is -3.69. The molecule has 110 valence electrons. The van der Waals surface area contributed by atoms with Gasteiger partial charge in [-0.25, -0.2) is 13.6 Å². The van der Waals surface area contributed by atoms with E-state index in [1.54, 1.807) is 12.1 Å². The Morgan fingerprint density at radius 3 is 2.25 bits per heavy atom. The van der Waals surface area contributed by atoms with Crippen LogP contribution in [0, 0.1) is 0 Å². The summed E-state index contributed by atoms with van der Waals surface area (Å²) in [5.74, 6) is -1.34. The van der Waals surface area contributed by atoms with Gasteiger partial charge in [0.15, 0.2) is 0 Å². The molecule has 4 N–H and O–H groups in total. The Hall–Kier alpha value is -1.93. The Bertz CT molecular complexity index is 580. The third-order valence-corrected chi connectivity index (χ3v) is 3.48. The molecule has 1 amide bonds. The van der Waals surface area contributed by atoms with E-state index in [1.807, 2.05) is 0 Å². The molecule has 0 fully saturated rings. The lowest BCUT2D eigenvalue weighted by molar-refractivity contribution is -0.138. The maximum absolute atomic E-state index is 11.3. The van der Waals surface area contributed by atoms with Crippen molar-refractivity contribution < 1.29 is 23.1 Å². The molecule has 0 heterocycles. The first-order valence-corrected chi connectivity index (χ1v) is 7.44. The number of sulfonamides is 1. The highest BCUT2D eigenvalue weighted by atomic mass is 32.2. The lowest BCUT2D eigenvalue weighted by atomic mass is 10.1. The highest BCUT2D eigenvalue weighted by Gasteiger charge is 2.07. The summed E-state index contributed by atoms with van der Waals surface area (Å²) in [6.45, 7) is 0.354. The zero-order valence-corrected chi connectivity index (χ0v) is 11.5. The summed E-state index contributed by atoms with van der Waals surface area (Å²) in [5.41, 5.74) is 0.843. The summed E-state index contributed by atoms with van der Waals surface area (Å²) >= 11 is 0. The first kappa shape index (κ1) is 16.1. The third kappa shape index (κ3) is 5.81. The van der Waals surface area contributed by atoms with Crippen LogP contribution in [0.3, 0.4) is 0 Å². The molecule has 0 aromatic heterocycles. The molecule has 1 aromatic rings. The van der Waals surface area contributed by atoms with Crippen LogP contribution in [-0.2, 0) is 26.0 Å². The van der Waals surface area contributed by atoms with Crippen LogP contribution in [0.2, 0.25) is 0 Å². The number of carbonyl (C=O) groups excluding carboxylic acids is 1. The number of rotatable bonds is 7. The fourth-order valence-corrected chi connectivity index (χ4v) is 2.02. The molecule has 20 heavy (non-hydrogen) atoms. The normalized spacial score (nSPS) is 11.1. The summed E-state index contributed by atoms with van der Waals surface area (Å²) in [5, 5.41) is 16.0. The van der Waals surface area contributed by atoms with Crippen LogP contribution in [0.15, 0.2) is 29.2 Å². The van der Waals surface area contributed by atoms with Gasteiger partial charge in [0.05, 0.1) is 11.3 Å². The van der Waals surface area contributed by atoms with Crippen molar-refractivity contribution in [3.8, 4) is 0 Å². The number of carboxylic acids is 1. The SMILES string of the molecule is NS(=O)(=O)c1ccc(CCNC(=O)CCC(=O)O)cc1. The van der Waals surface area contributed by atoms with Crippen LogP contribution >= 0.6 is 0 Å². The number of hydrogen-bond acceptors (Lipinski definition) is 4. The van der Waals surface area contributed by atoms with Gasteiger partial charge in [-0.2, -0.15) is 0 Å². The van der Waals surface area contributed by atoms with E-state index in [9.17, 15) is 18.0 Å². The van der Waals surface area contributed by atoms with Crippen LogP contribution in [0.1, 0.15) is 18.4 Å². The van der Waals surface area contributed by atoms with Crippen molar-refractivity contribution >= 4 is 21.9 Å². The van der Waals surface area contributed by atoms with Crippen molar-refractivity contribution in [2.45, 2.75) is 24.2 Å². The van der Waals surface area contributed by atoms with Gasteiger partial charge < -0.3 is 10.4 Å². The molecule has 0 bridgehead atoms. The highest BCUT2D eigenvalue weighted by molar-refractivity contribution is 7.89. The standard InChI is InChI=1S/C12H16N2O5S/c13-20(18,19)10-3-1-9(2-4-10)7-8-14-11(15)5-6-12(16)17/h1-4H,5-8H2,(H,14,15)(H,16,17)(H2,13,18,19). The van der Waals surface area contributed by atoms with Crippen molar-refractivity contribution in [3.05, 3.63) is 29.8 Å². The predicted molar refractivity (Wildman–Crippen MR) is 71.4 cm³/mol. The number of nitrogens with two attached hydrogens (primary N) is 1. The molecule has 7 nitrogen and oxygen atoms in total. The Labute approximate surface area is 116 Å². The smallest absolute Gasteiger partial charge is 0.303 e. The number of hydrogen-bond donors (Lipinski definition) is 3. The quantitative estimate of drug-likeness (QED) is 0.646. The summed E-state index contributed by atoms with van der Waals surface area (Å²) in [4.78, 5) is 21.6. The second-order valence-electron chi connectivity index (χ2n) is 4.18. The average Bonchev–Trinajstić information content (AvgIpc) is 2.36. The fourth-order valence-electron chi connectivity index (χ4n) is 1.50. The minimum Gasteiger partial charge on any atom is -0.481 e. The fraction of sp³-hybridized carbons (Fsp3) is 0.333. The van der Waals surface area contributed by atoms with Gasteiger partial charge in [-0.15, -0.1) is 0 Å². The van der Waals surface area contributed by atoms with Gasteiger partial charge in [-0.05, 0) is 24.1 Å². The van der Waals surface area contributed by atoms with Crippen molar-refractivity contribution in [1.29, 1.82) is 0 Å². The maximum atomic E-state index is 11.3. The molecule has 0 aliphatic carbocycles. The van der Waals surface area contributed by atoms with Gasteiger partial charge in [-0.1, -0.05) is 12.1 Å². The summed E-state index contributed by atoms with van der Waals surface area (Å²) in [7, 11) is -3.69. The number of benzene rings is 1. The second kappa shape index (κ2) is 7.01. The van der Waals surface area contributed by atoms with Crippen molar-refractivity contribution in [1.82, 2.24) is 5.32 Å². The number of primary sulfonamides is 1. The Balaban J connectivity index is 2.39. The molecular weight excluding hydrogens is 284 g/mol. The first-order chi connectivity index (χ1) is 9.29. The van der Waals surface area contributed by atoms with Gasteiger partial charge in [0.1, 0.15) is 0 Å². The van der Waals surface area contributed by atoms with Crippen LogP contribution in [-0.4, -0.2) is 31.9 Å². The molecular formula is C12H16N2O5S. The molecule has 1 rings (SSSR count). The van der Waals surface area contributed by atoms with Crippen LogP contribution in [0.25, 0.3) is 0 Å². The van der Waals surface area contributed by atoms with Gasteiger partial charge in [0, 0.05) is 13.0 Å². The number of carbonyl (C=O) groups is 2. The molecule has 0 atom stereocenters. The largest absolute Gasteiger partial charge is 0.481 e. The highest BCUT2D eigenvalue weighted by Crippen LogP contribution is 2.08.